The first-order valence-electron chi connectivity index (χ1n) is 5.54. The second-order valence-electron chi connectivity index (χ2n) is 4.12. The zero-order chi connectivity index (χ0) is 14.0. The molecular weight excluding hydrogens is 280 g/mol. The zero-order valence-electron chi connectivity index (χ0n) is 10.3. The summed E-state index contributed by atoms with van der Waals surface area (Å²) in [5.74, 6) is 0. The third kappa shape index (κ3) is 3.28. The Bertz CT molecular complexity index is 712. The minimum absolute atomic E-state index is 0.0563. The summed E-state index contributed by atoms with van der Waals surface area (Å²) in [6.07, 6.45) is 0. The smallest absolute Gasteiger partial charge is 0.239 e. The van der Waals surface area contributed by atoms with E-state index in [1.54, 1.807) is 12.1 Å². The van der Waals surface area contributed by atoms with Crippen LogP contribution in [0, 0.1) is 6.92 Å². The molecule has 0 amide bonds. The molecule has 4 nitrogen and oxygen atoms in total. The number of nitrogen functional groups attached to an aromatic ring is 1. The quantitative estimate of drug-likeness (QED) is 0.851. The second kappa shape index (κ2) is 5.24. The minimum Gasteiger partial charge on any atom is -0.399 e. The number of rotatable bonds is 3. The Morgan fingerprint density at radius 3 is 2.37 bits per heavy atom. The Morgan fingerprint density at radius 2 is 1.74 bits per heavy atom. The number of hydrogen-bond donors (Lipinski definition) is 2. The van der Waals surface area contributed by atoms with Crippen molar-refractivity contribution in [2.45, 2.75) is 21.6 Å². The molecule has 2 aromatic rings. The highest BCUT2D eigenvalue weighted by Crippen LogP contribution is 2.34. The number of nitrogens with two attached hydrogens (primary N) is 2. The lowest BCUT2D eigenvalue weighted by Crippen LogP contribution is -2.13. The highest BCUT2D eigenvalue weighted by atomic mass is 32.2. The normalized spacial score (nSPS) is 11.5. The number of benzene rings is 2. The van der Waals surface area contributed by atoms with Gasteiger partial charge in [-0.1, -0.05) is 30.0 Å². The van der Waals surface area contributed by atoms with Crippen molar-refractivity contribution < 1.29 is 8.42 Å². The molecule has 0 aliphatic rings. The van der Waals surface area contributed by atoms with Gasteiger partial charge in [-0.2, -0.15) is 0 Å². The van der Waals surface area contributed by atoms with Crippen molar-refractivity contribution in [1.82, 2.24) is 0 Å². The van der Waals surface area contributed by atoms with Crippen molar-refractivity contribution >= 4 is 27.5 Å². The fourth-order valence-electron chi connectivity index (χ4n) is 1.62. The SMILES string of the molecule is Cc1ccccc1Sc1ccc(N)cc1S(N)(=O)=O. The lowest BCUT2D eigenvalue weighted by molar-refractivity contribution is 0.596. The first kappa shape index (κ1) is 13.9. The van der Waals surface area contributed by atoms with Crippen LogP contribution in [0.5, 0.6) is 0 Å². The Balaban J connectivity index is 2.50. The lowest BCUT2D eigenvalue weighted by atomic mass is 10.2. The molecule has 0 bridgehead atoms. The van der Waals surface area contributed by atoms with Crippen molar-refractivity contribution in [2.24, 2.45) is 5.14 Å². The van der Waals surface area contributed by atoms with Crippen LogP contribution in [0.1, 0.15) is 5.56 Å². The van der Waals surface area contributed by atoms with Gasteiger partial charge in [-0.25, -0.2) is 13.6 Å². The number of primary sulfonamides is 1. The molecule has 0 atom stereocenters. The molecule has 4 N–H and O–H groups in total. The third-order valence-electron chi connectivity index (χ3n) is 2.59. The van der Waals surface area contributed by atoms with Crippen LogP contribution in [0.15, 0.2) is 57.2 Å². The lowest BCUT2D eigenvalue weighted by Gasteiger charge is -2.10. The van der Waals surface area contributed by atoms with Crippen LogP contribution in [0.25, 0.3) is 0 Å². The van der Waals surface area contributed by atoms with E-state index in [0.29, 0.717) is 10.6 Å². The Morgan fingerprint density at radius 1 is 1.05 bits per heavy atom. The maximum absolute atomic E-state index is 11.6. The summed E-state index contributed by atoms with van der Waals surface area (Å²) in [5, 5.41) is 5.22. The maximum Gasteiger partial charge on any atom is 0.239 e. The van der Waals surface area contributed by atoms with Gasteiger partial charge in [0.05, 0.1) is 4.90 Å². The summed E-state index contributed by atoms with van der Waals surface area (Å²) in [7, 11) is -3.79. The molecule has 0 fully saturated rings. The van der Waals surface area contributed by atoms with Crippen LogP contribution in [-0.2, 0) is 10.0 Å². The van der Waals surface area contributed by atoms with Crippen LogP contribution in [0.4, 0.5) is 5.69 Å². The number of aryl methyl sites for hydroxylation is 1. The maximum atomic E-state index is 11.6. The summed E-state index contributed by atoms with van der Waals surface area (Å²) < 4.78 is 23.2. The van der Waals surface area contributed by atoms with Crippen molar-refractivity contribution in [3.05, 3.63) is 48.0 Å². The van der Waals surface area contributed by atoms with E-state index in [-0.39, 0.29) is 4.90 Å². The average Bonchev–Trinajstić information content (AvgIpc) is 2.33. The summed E-state index contributed by atoms with van der Waals surface area (Å²) in [5.41, 5.74) is 7.07. The molecular formula is C13H14N2O2S2. The second-order valence-corrected chi connectivity index (χ2v) is 6.73. The standard InChI is InChI=1S/C13H14N2O2S2/c1-9-4-2-3-5-11(9)18-12-7-6-10(14)8-13(12)19(15,16)17/h2-8H,14H2,1H3,(H2,15,16,17). The first-order valence-corrected chi connectivity index (χ1v) is 7.90. The van der Waals surface area contributed by atoms with Gasteiger partial charge < -0.3 is 5.73 Å². The molecule has 0 radical (unpaired) electrons. The van der Waals surface area contributed by atoms with E-state index in [4.69, 9.17) is 10.9 Å². The topological polar surface area (TPSA) is 86.2 Å². The van der Waals surface area contributed by atoms with Gasteiger partial charge in [-0.15, -0.1) is 0 Å². The van der Waals surface area contributed by atoms with Crippen LogP contribution >= 0.6 is 11.8 Å². The molecule has 19 heavy (non-hydrogen) atoms. The highest BCUT2D eigenvalue weighted by molar-refractivity contribution is 8.00. The first-order chi connectivity index (χ1) is 8.88. The van der Waals surface area contributed by atoms with Crippen molar-refractivity contribution in [3.63, 3.8) is 0 Å². The van der Waals surface area contributed by atoms with E-state index >= 15 is 0 Å². The van der Waals surface area contributed by atoms with Crippen LogP contribution in [-0.4, -0.2) is 8.42 Å². The molecule has 0 unspecified atom stereocenters. The van der Waals surface area contributed by atoms with Gasteiger partial charge in [-0.05, 0) is 36.8 Å². The van der Waals surface area contributed by atoms with E-state index in [1.807, 2.05) is 31.2 Å². The van der Waals surface area contributed by atoms with Gasteiger partial charge in [0, 0.05) is 15.5 Å². The van der Waals surface area contributed by atoms with Crippen molar-refractivity contribution in [3.8, 4) is 0 Å². The molecule has 0 heterocycles. The summed E-state index contributed by atoms with van der Waals surface area (Å²) >= 11 is 1.36. The minimum atomic E-state index is -3.79. The van der Waals surface area contributed by atoms with Gasteiger partial charge in [-0.3, -0.25) is 0 Å². The predicted octanol–water partition coefficient (Wildman–Crippen LogP) is 2.38. The Hall–Kier alpha value is -1.50. The van der Waals surface area contributed by atoms with Crippen molar-refractivity contribution in [2.75, 3.05) is 5.73 Å². The summed E-state index contributed by atoms with van der Waals surface area (Å²) in [6, 6.07) is 12.5. The van der Waals surface area contributed by atoms with Gasteiger partial charge in [0.1, 0.15) is 0 Å². The summed E-state index contributed by atoms with van der Waals surface area (Å²) in [4.78, 5) is 1.61. The van der Waals surface area contributed by atoms with E-state index in [2.05, 4.69) is 0 Å². The molecule has 6 heteroatoms. The van der Waals surface area contributed by atoms with E-state index in [9.17, 15) is 8.42 Å². The van der Waals surface area contributed by atoms with Gasteiger partial charge >= 0.3 is 0 Å². The molecule has 0 saturated heterocycles. The highest BCUT2D eigenvalue weighted by Gasteiger charge is 2.15. The molecule has 0 spiro atoms. The fourth-order valence-corrected chi connectivity index (χ4v) is 3.65. The van der Waals surface area contributed by atoms with E-state index in [0.717, 1.165) is 10.5 Å². The van der Waals surface area contributed by atoms with Gasteiger partial charge in [0.25, 0.3) is 0 Å². The number of anilines is 1. The van der Waals surface area contributed by atoms with E-state index in [1.165, 1.54) is 17.8 Å². The molecule has 2 rings (SSSR count). The molecule has 2 aromatic carbocycles. The zero-order valence-corrected chi connectivity index (χ0v) is 12.0. The van der Waals surface area contributed by atoms with E-state index < -0.39 is 10.0 Å². The fraction of sp³-hybridized carbons (Fsp3) is 0.0769. The van der Waals surface area contributed by atoms with Crippen LogP contribution in [0.2, 0.25) is 0 Å². The summed E-state index contributed by atoms with van der Waals surface area (Å²) in [6.45, 7) is 1.97. The predicted molar refractivity (Wildman–Crippen MR) is 77.5 cm³/mol. The molecule has 0 aromatic heterocycles. The number of hydrogen-bond acceptors (Lipinski definition) is 4. The van der Waals surface area contributed by atoms with Crippen LogP contribution < -0.4 is 10.9 Å². The van der Waals surface area contributed by atoms with Gasteiger partial charge in [0.15, 0.2) is 0 Å². The average molecular weight is 294 g/mol. The van der Waals surface area contributed by atoms with Gasteiger partial charge in [0.2, 0.25) is 10.0 Å². The molecule has 100 valence electrons. The Kier molecular flexibility index (Phi) is 3.84. The largest absolute Gasteiger partial charge is 0.399 e. The monoisotopic (exact) mass is 294 g/mol. The number of sulfonamides is 1. The molecule has 0 aliphatic carbocycles. The Labute approximate surface area is 116 Å². The molecule has 0 saturated carbocycles. The molecule has 0 aliphatic heterocycles. The van der Waals surface area contributed by atoms with Crippen LogP contribution in [0.3, 0.4) is 0 Å². The van der Waals surface area contributed by atoms with Crippen molar-refractivity contribution in [1.29, 1.82) is 0 Å². The third-order valence-corrected chi connectivity index (χ3v) is 4.92.